The van der Waals surface area contributed by atoms with Crippen LogP contribution >= 0.6 is 11.6 Å². The molecule has 13 heteroatoms. The van der Waals surface area contributed by atoms with Crippen LogP contribution in [0.3, 0.4) is 0 Å². The molecular weight excluding hydrogens is 503 g/mol. The number of hydrogen-bond donors (Lipinski definition) is 1. The molecule has 0 saturated carbocycles. The van der Waals surface area contributed by atoms with Crippen molar-refractivity contribution in [1.82, 2.24) is 24.3 Å². The van der Waals surface area contributed by atoms with Crippen LogP contribution in [-0.4, -0.2) is 41.7 Å². The Balaban J connectivity index is 1.95. The summed E-state index contributed by atoms with van der Waals surface area (Å²) in [5.74, 6) is -0.0155. The molecule has 0 radical (unpaired) electrons. The van der Waals surface area contributed by atoms with E-state index in [2.05, 4.69) is 15.1 Å². The first kappa shape index (κ1) is 25.5. The molecule has 4 aromatic rings. The van der Waals surface area contributed by atoms with Crippen LogP contribution in [0.2, 0.25) is 5.15 Å². The Labute approximate surface area is 207 Å². The zero-order valence-electron chi connectivity index (χ0n) is 19.4. The maximum Gasteiger partial charge on any atom is 0.425 e. The van der Waals surface area contributed by atoms with E-state index in [1.807, 2.05) is 0 Å². The van der Waals surface area contributed by atoms with E-state index in [-0.39, 0.29) is 46.0 Å². The third kappa shape index (κ3) is 4.73. The van der Waals surface area contributed by atoms with Crippen LogP contribution in [0.5, 0.6) is 17.4 Å². The Morgan fingerprint density at radius 1 is 1.19 bits per heavy atom. The summed E-state index contributed by atoms with van der Waals surface area (Å²) in [6.45, 7) is 4.03. The second-order valence-electron chi connectivity index (χ2n) is 7.82. The standard InChI is InChI=1S/C23H21ClF3N5O4/c1-4-31-17(11-33)30-32(22(31)34)15-9-14-6-8-29-21(36-19-12(2)5-7-28-20(19)24)18(14)16(10-15)35-13(3)23(25,26)27/h5-10,13,33H,4,11H2,1-3H3. The number of halogens is 4. The van der Waals surface area contributed by atoms with Crippen LogP contribution in [-0.2, 0) is 13.2 Å². The van der Waals surface area contributed by atoms with Crippen LogP contribution in [0.25, 0.3) is 16.5 Å². The van der Waals surface area contributed by atoms with Crippen molar-refractivity contribution in [2.24, 2.45) is 0 Å². The number of ether oxygens (including phenoxy) is 2. The quantitative estimate of drug-likeness (QED) is 0.354. The molecule has 3 heterocycles. The first-order chi connectivity index (χ1) is 17.0. The molecule has 0 saturated heterocycles. The Kier molecular flexibility index (Phi) is 6.92. The van der Waals surface area contributed by atoms with Crippen LogP contribution in [0.15, 0.2) is 41.5 Å². The molecular formula is C23H21ClF3N5O4. The van der Waals surface area contributed by atoms with Crippen LogP contribution in [0, 0.1) is 6.92 Å². The summed E-state index contributed by atoms with van der Waals surface area (Å²) in [4.78, 5) is 21.0. The molecule has 36 heavy (non-hydrogen) atoms. The highest BCUT2D eigenvalue weighted by Gasteiger charge is 2.38. The second kappa shape index (κ2) is 9.78. The van der Waals surface area contributed by atoms with E-state index in [4.69, 9.17) is 21.1 Å². The monoisotopic (exact) mass is 523 g/mol. The van der Waals surface area contributed by atoms with Crippen molar-refractivity contribution < 1.29 is 27.8 Å². The molecule has 0 amide bonds. The van der Waals surface area contributed by atoms with Gasteiger partial charge in [0.05, 0.1) is 11.1 Å². The number of rotatable bonds is 7. The van der Waals surface area contributed by atoms with Gasteiger partial charge in [-0.3, -0.25) is 4.57 Å². The average Bonchev–Trinajstić information content (AvgIpc) is 3.16. The van der Waals surface area contributed by atoms with E-state index in [0.717, 1.165) is 11.6 Å². The van der Waals surface area contributed by atoms with Gasteiger partial charge in [-0.2, -0.15) is 17.9 Å². The van der Waals surface area contributed by atoms with E-state index in [0.29, 0.717) is 10.9 Å². The van der Waals surface area contributed by atoms with Crippen molar-refractivity contribution in [2.75, 3.05) is 0 Å². The molecule has 1 N–H and O–H groups in total. The lowest BCUT2D eigenvalue weighted by atomic mass is 10.1. The molecule has 1 aromatic carbocycles. The third-order valence-corrected chi connectivity index (χ3v) is 5.71. The molecule has 1 atom stereocenters. The fraction of sp³-hybridized carbons (Fsp3) is 0.304. The molecule has 0 aliphatic heterocycles. The smallest absolute Gasteiger partial charge is 0.425 e. The first-order valence-electron chi connectivity index (χ1n) is 10.8. The number of aliphatic hydroxyl groups is 1. The Bertz CT molecular complexity index is 1470. The van der Waals surface area contributed by atoms with Gasteiger partial charge in [-0.25, -0.2) is 14.8 Å². The topological polar surface area (TPSA) is 104 Å². The molecule has 0 spiro atoms. The third-order valence-electron chi connectivity index (χ3n) is 5.44. The second-order valence-corrected chi connectivity index (χ2v) is 8.18. The molecule has 9 nitrogen and oxygen atoms in total. The van der Waals surface area contributed by atoms with Crippen LogP contribution in [0.1, 0.15) is 25.2 Å². The normalized spacial score (nSPS) is 12.7. The zero-order chi connectivity index (χ0) is 26.2. The summed E-state index contributed by atoms with van der Waals surface area (Å²) in [7, 11) is 0. The lowest BCUT2D eigenvalue weighted by Crippen LogP contribution is -2.31. The number of aryl methyl sites for hydroxylation is 1. The van der Waals surface area contributed by atoms with E-state index in [1.165, 1.54) is 35.2 Å². The molecule has 3 aromatic heterocycles. The number of fused-ring (bicyclic) bond motifs is 1. The number of hydrogen-bond acceptors (Lipinski definition) is 7. The van der Waals surface area contributed by atoms with Gasteiger partial charge >= 0.3 is 11.9 Å². The van der Waals surface area contributed by atoms with Gasteiger partial charge in [0.15, 0.2) is 22.8 Å². The molecule has 0 bridgehead atoms. The van der Waals surface area contributed by atoms with Crippen molar-refractivity contribution in [3.8, 4) is 23.1 Å². The van der Waals surface area contributed by atoms with Gasteiger partial charge < -0.3 is 14.6 Å². The maximum atomic E-state index is 13.4. The van der Waals surface area contributed by atoms with Gasteiger partial charge in [-0.1, -0.05) is 11.6 Å². The number of nitrogens with zero attached hydrogens (tertiary/aromatic N) is 5. The van der Waals surface area contributed by atoms with Gasteiger partial charge in [0.2, 0.25) is 5.88 Å². The molecule has 4 rings (SSSR count). The largest absolute Gasteiger partial charge is 0.480 e. The van der Waals surface area contributed by atoms with Gasteiger partial charge in [-0.05, 0) is 49.9 Å². The van der Waals surface area contributed by atoms with E-state index in [9.17, 15) is 23.1 Å². The summed E-state index contributed by atoms with van der Waals surface area (Å²) >= 11 is 6.17. The number of benzene rings is 1. The predicted molar refractivity (Wildman–Crippen MR) is 125 cm³/mol. The highest BCUT2D eigenvalue weighted by Crippen LogP contribution is 2.40. The molecule has 190 valence electrons. The number of alkyl halides is 3. The summed E-state index contributed by atoms with van der Waals surface area (Å²) < 4.78 is 53.7. The highest BCUT2D eigenvalue weighted by atomic mass is 35.5. The fourth-order valence-electron chi connectivity index (χ4n) is 3.55. The van der Waals surface area contributed by atoms with Crippen molar-refractivity contribution in [3.63, 3.8) is 0 Å². The van der Waals surface area contributed by atoms with E-state index in [1.54, 1.807) is 19.9 Å². The van der Waals surface area contributed by atoms with Gasteiger partial charge in [0.25, 0.3) is 0 Å². The summed E-state index contributed by atoms with van der Waals surface area (Å²) in [6, 6.07) is 5.96. The first-order valence-corrected chi connectivity index (χ1v) is 11.2. The minimum absolute atomic E-state index is 0.0461. The minimum atomic E-state index is -4.67. The van der Waals surface area contributed by atoms with Crippen molar-refractivity contribution in [1.29, 1.82) is 0 Å². The Hall–Kier alpha value is -3.64. The average molecular weight is 524 g/mol. The lowest BCUT2D eigenvalue weighted by molar-refractivity contribution is -0.189. The fourth-order valence-corrected chi connectivity index (χ4v) is 3.80. The summed E-state index contributed by atoms with van der Waals surface area (Å²) in [5.41, 5.74) is 0.190. The van der Waals surface area contributed by atoms with E-state index >= 15 is 0 Å². The van der Waals surface area contributed by atoms with Crippen LogP contribution in [0.4, 0.5) is 13.2 Å². The molecule has 0 aliphatic rings. The highest BCUT2D eigenvalue weighted by molar-refractivity contribution is 6.31. The Morgan fingerprint density at radius 3 is 2.53 bits per heavy atom. The molecule has 0 aliphatic carbocycles. The minimum Gasteiger partial charge on any atom is -0.480 e. The van der Waals surface area contributed by atoms with Crippen molar-refractivity contribution >= 4 is 22.4 Å². The Morgan fingerprint density at radius 2 is 1.92 bits per heavy atom. The molecule has 1 unspecified atom stereocenters. The zero-order valence-corrected chi connectivity index (χ0v) is 20.1. The lowest BCUT2D eigenvalue weighted by Gasteiger charge is -2.20. The number of aliphatic hydroxyl groups excluding tert-OH is 1. The summed E-state index contributed by atoms with van der Waals surface area (Å²) in [6.07, 6.45) is -3.98. The summed E-state index contributed by atoms with van der Waals surface area (Å²) in [5, 5.41) is 14.2. The number of aromatic nitrogens is 5. The molecule has 0 fully saturated rings. The van der Waals surface area contributed by atoms with Crippen molar-refractivity contribution in [2.45, 2.75) is 46.2 Å². The van der Waals surface area contributed by atoms with Crippen LogP contribution < -0.4 is 15.2 Å². The number of pyridine rings is 2. The predicted octanol–water partition coefficient (Wildman–Crippen LogP) is 4.57. The van der Waals surface area contributed by atoms with Crippen molar-refractivity contribution in [3.05, 3.63) is 63.7 Å². The van der Waals surface area contributed by atoms with Gasteiger partial charge in [-0.15, -0.1) is 5.10 Å². The van der Waals surface area contributed by atoms with Gasteiger partial charge in [0, 0.05) is 25.0 Å². The van der Waals surface area contributed by atoms with Gasteiger partial charge in [0.1, 0.15) is 12.4 Å². The SMILES string of the molecule is CCn1c(CO)nn(-c2cc(OC(C)C(F)(F)F)c3c(Oc4c(C)ccnc4Cl)nccc3c2)c1=O. The van der Waals surface area contributed by atoms with E-state index < -0.39 is 24.6 Å². The maximum absolute atomic E-state index is 13.4.